The molecule has 0 unspecified atom stereocenters. The van der Waals surface area contributed by atoms with E-state index in [4.69, 9.17) is 14.8 Å². The minimum atomic E-state index is -1.20. The number of hydrogen-bond acceptors (Lipinski definition) is 7. The molecule has 0 spiro atoms. The Balaban J connectivity index is 1.40. The van der Waals surface area contributed by atoms with Crippen LogP contribution in [0.15, 0.2) is 24.7 Å². The van der Waals surface area contributed by atoms with E-state index in [1.54, 1.807) is 18.4 Å². The highest BCUT2D eigenvalue weighted by Crippen LogP contribution is 2.36. The lowest BCUT2D eigenvalue weighted by Crippen LogP contribution is -2.36. The summed E-state index contributed by atoms with van der Waals surface area (Å²) in [5, 5.41) is 22.8. The Morgan fingerprint density at radius 2 is 1.97 bits per heavy atom. The van der Waals surface area contributed by atoms with E-state index in [0.717, 1.165) is 37.7 Å². The van der Waals surface area contributed by atoms with Crippen molar-refractivity contribution in [3.63, 3.8) is 0 Å². The third kappa shape index (κ3) is 4.90. The van der Waals surface area contributed by atoms with Gasteiger partial charge in [0.2, 0.25) is 0 Å². The average Bonchev–Trinajstić information content (AvgIpc) is 3.49. The Labute approximate surface area is 205 Å². The van der Waals surface area contributed by atoms with E-state index < -0.39 is 5.60 Å². The van der Waals surface area contributed by atoms with Crippen LogP contribution in [0.5, 0.6) is 0 Å². The molecule has 1 aliphatic heterocycles. The monoisotopic (exact) mass is 481 g/mol. The van der Waals surface area contributed by atoms with Crippen LogP contribution in [0, 0.1) is 5.92 Å². The number of aromatic nitrogens is 5. The number of amides is 1. The van der Waals surface area contributed by atoms with E-state index in [1.807, 2.05) is 23.1 Å². The van der Waals surface area contributed by atoms with Crippen molar-refractivity contribution in [3.05, 3.63) is 35.9 Å². The Hall–Kier alpha value is -2.98. The molecule has 1 amide bonds. The molecule has 3 aromatic heterocycles. The number of carbonyl (C=O) groups excluding carboxylic acids is 1. The zero-order chi connectivity index (χ0) is 24.6. The molecule has 1 aliphatic carbocycles. The van der Waals surface area contributed by atoms with Gasteiger partial charge in [-0.05, 0) is 51.5 Å². The molecule has 2 aliphatic rings. The van der Waals surface area contributed by atoms with Crippen molar-refractivity contribution in [2.45, 2.75) is 64.5 Å². The van der Waals surface area contributed by atoms with Crippen molar-refractivity contribution in [2.24, 2.45) is 5.92 Å². The Morgan fingerprint density at radius 3 is 2.66 bits per heavy atom. The van der Waals surface area contributed by atoms with E-state index >= 15 is 0 Å². The number of carbonyl (C=O) groups is 1. The first-order valence-corrected chi connectivity index (χ1v) is 12.6. The molecule has 1 saturated heterocycles. The molecule has 188 valence electrons. The predicted molar refractivity (Wildman–Crippen MR) is 133 cm³/mol. The summed E-state index contributed by atoms with van der Waals surface area (Å²) in [6.45, 7) is 8.45. The van der Waals surface area contributed by atoms with E-state index in [-0.39, 0.29) is 11.9 Å². The van der Waals surface area contributed by atoms with Crippen LogP contribution < -0.4 is 10.2 Å². The van der Waals surface area contributed by atoms with Crippen LogP contribution in [0.25, 0.3) is 5.65 Å². The summed E-state index contributed by atoms with van der Waals surface area (Å²) in [7, 11) is 0. The number of nitrogens with zero attached hydrogens (tertiary/aromatic N) is 6. The van der Waals surface area contributed by atoms with Crippen LogP contribution in [-0.4, -0.2) is 61.7 Å². The first-order chi connectivity index (χ1) is 16.8. The maximum absolute atomic E-state index is 13.4. The molecule has 10 nitrogen and oxygen atoms in total. The average molecular weight is 482 g/mol. The molecule has 0 bridgehead atoms. The lowest BCUT2D eigenvalue weighted by Gasteiger charge is -2.28. The summed E-state index contributed by atoms with van der Waals surface area (Å²) in [5.74, 6) is 1.25. The van der Waals surface area contributed by atoms with Gasteiger partial charge < -0.3 is 20.1 Å². The fourth-order valence-corrected chi connectivity index (χ4v) is 5.12. The maximum atomic E-state index is 13.4. The summed E-state index contributed by atoms with van der Waals surface area (Å²) in [5.41, 5.74) is 0.641. The number of ether oxygens (including phenoxy) is 1. The first-order valence-electron chi connectivity index (χ1n) is 12.6. The molecule has 35 heavy (non-hydrogen) atoms. The van der Waals surface area contributed by atoms with Crippen LogP contribution in [0.3, 0.4) is 0 Å². The van der Waals surface area contributed by atoms with Gasteiger partial charge in [-0.25, -0.2) is 9.50 Å². The third-order valence-corrected chi connectivity index (χ3v) is 7.26. The number of fused-ring (bicyclic) bond motifs is 1. The zero-order valence-corrected chi connectivity index (χ0v) is 20.8. The van der Waals surface area contributed by atoms with Gasteiger partial charge in [-0.3, -0.25) is 9.48 Å². The van der Waals surface area contributed by atoms with Crippen LogP contribution in [0.2, 0.25) is 0 Å². The number of hydrogen-bond donors (Lipinski definition) is 2. The molecule has 0 radical (unpaired) electrons. The van der Waals surface area contributed by atoms with Crippen LogP contribution in [0.4, 0.5) is 11.5 Å². The second-order valence-electron chi connectivity index (χ2n) is 10.2. The summed E-state index contributed by atoms with van der Waals surface area (Å²) in [6, 6.07) is 2.18. The fraction of sp³-hybridized carbons (Fsp3) is 0.600. The Morgan fingerprint density at radius 1 is 1.23 bits per heavy atom. The lowest BCUT2D eigenvalue weighted by molar-refractivity contribution is 0.0730. The van der Waals surface area contributed by atoms with Gasteiger partial charge in [0.25, 0.3) is 5.91 Å². The third-order valence-electron chi connectivity index (χ3n) is 7.26. The quantitative estimate of drug-likeness (QED) is 0.555. The Bertz CT molecular complexity index is 1180. The molecular formula is C25H35N7O3. The zero-order valence-electron chi connectivity index (χ0n) is 20.8. The smallest absolute Gasteiger partial charge is 0.261 e. The molecule has 3 aromatic rings. The summed E-state index contributed by atoms with van der Waals surface area (Å²) < 4.78 is 8.97. The molecular weight excluding hydrogens is 446 g/mol. The molecule has 5 rings (SSSR count). The normalized spacial score (nSPS) is 21.4. The van der Waals surface area contributed by atoms with Gasteiger partial charge in [-0.2, -0.15) is 10.2 Å². The number of anilines is 2. The standard InChI is InChI=1S/C25H35N7O3/c1-4-17-5-7-18(8-6-17)32-16-20(22(29-32)25(2,3)34)27-24(33)19-15-26-31-10-9-21(28-23(19)31)30-11-13-35-14-12-30/h9-10,15-18,34H,4-8,11-14H2,1-3H3,(H,27,33)/t17-,18-. The van der Waals surface area contributed by atoms with Gasteiger partial charge in [0.1, 0.15) is 22.7 Å². The van der Waals surface area contributed by atoms with Gasteiger partial charge in [0.15, 0.2) is 5.65 Å². The Kier molecular flexibility index (Phi) is 6.50. The van der Waals surface area contributed by atoms with Crippen molar-refractivity contribution in [1.29, 1.82) is 0 Å². The van der Waals surface area contributed by atoms with Gasteiger partial charge >= 0.3 is 0 Å². The summed E-state index contributed by atoms with van der Waals surface area (Å²) in [6.07, 6.45) is 10.9. The van der Waals surface area contributed by atoms with Crippen molar-refractivity contribution in [2.75, 3.05) is 36.5 Å². The molecule has 0 aromatic carbocycles. The number of nitrogens with one attached hydrogen (secondary N) is 1. The SMILES string of the molecule is CC[C@H]1CC[C@H](n2cc(NC(=O)c3cnn4ccc(N5CCOCC5)nc34)c(C(C)(C)O)n2)CC1. The van der Waals surface area contributed by atoms with Gasteiger partial charge in [0.05, 0.1) is 31.1 Å². The van der Waals surface area contributed by atoms with Gasteiger partial charge in [0, 0.05) is 25.5 Å². The van der Waals surface area contributed by atoms with E-state index in [1.165, 1.54) is 25.5 Å². The highest BCUT2D eigenvalue weighted by molar-refractivity contribution is 6.08. The lowest BCUT2D eigenvalue weighted by atomic mass is 9.85. The minimum absolute atomic E-state index is 0.277. The van der Waals surface area contributed by atoms with Crippen LogP contribution in [0.1, 0.15) is 75.0 Å². The van der Waals surface area contributed by atoms with Crippen molar-refractivity contribution < 1.29 is 14.6 Å². The molecule has 2 fully saturated rings. The minimum Gasteiger partial charge on any atom is -0.384 e. The first kappa shape index (κ1) is 23.7. The second kappa shape index (κ2) is 9.58. The highest BCUT2D eigenvalue weighted by Gasteiger charge is 2.30. The van der Waals surface area contributed by atoms with E-state index in [2.05, 4.69) is 22.2 Å². The topological polar surface area (TPSA) is 110 Å². The second-order valence-corrected chi connectivity index (χ2v) is 10.2. The fourth-order valence-electron chi connectivity index (χ4n) is 5.12. The summed E-state index contributed by atoms with van der Waals surface area (Å²) >= 11 is 0. The maximum Gasteiger partial charge on any atom is 0.261 e. The van der Waals surface area contributed by atoms with Gasteiger partial charge in [-0.15, -0.1) is 0 Å². The highest BCUT2D eigenvalue weighted by atomic mass is 16.5. The molecule has 0 atom stereocenters. The molecule has 1 saturated carbocycles. The van der Waals surface area contributed by atoms with Gasteiger partial charge in [-0.1, -0.05) is 13.3 Å². The van der Waals surface area contributed by atoms with Crippen LogP contribution >= 0.6 is 0 Å². The van der Waals surface area contributed by atoms with Crippen molar-refractivity contribution in [1.82, 2.24) is 24.4 Å². The summed E-state index contributed by atoms with van der Waals surface area (Å²) in [4.78, 5) is 20.2. The van der Waals surface area contributed by atoms with Crippen LogP contribution in [-0.2, 0) is 10.3 Å². The molecule has 2 N–H and O–H groups in total. The predicted octanol–water partition coefficient (Wildman–Crippen LogP) is 3.38. The number of morpholine rings is 1. The number of rotatable bonds is 6. The van der Waals surface area contributed by atoms with E-state index in [0.29, 0.717) is 35.8 Å². The number of aliphatic hydroxyl groups is 1. The molecule has 10 heteroatoms. The van der Waals surface area contributed by atoms with E-state index in [9.17, 15) is 9.90 Å². The largest absolute Gasteiger partial charge is 0.384 e. The molecule has 4 heterocycles. The van der Waals surface area contributed by atoms with Crippen molar-refractivity contribution in [3.8, 4) is 0 Å². The van der Waals surface area contributed by atoms with Crippen molar-refractivity contribution >= 4 is 23.1 Å².